The van der Waals surface area contributed by atoms with E-state index in [0.717, 1.165) is 5.56 Å². The second-order valence-electron chi connectivity index (χ2n) is 4.98. The zero-order valence-electron chi connectivity index (χ0n) is 12.3. The Labute approximate surface area is 137 Å². The average molecular weight is 332 g/mol. The van der Waals surface area contributed by atoms with E-state index in [9.17, 15) is 4.79 Å². The molecule has 23 heavy (non-hydrogen) atoms. The van der Waals surface area contributed by atoms with E-state index in [2.05, 4.69) is 20.6 Å². The van der Waals surface area contributed by atoms with E-state index in [-0.39, 0.29) is 18.5 Å². The normalized spacial score (nSPS) is 12.1. The number of nitrogens with zero attached hydrogens (tertiary/aromatic N) is 4. The minimum absolute atomic E-state index is 0.0824. The molecule has 0 saturated heterocycles. The summed E-state index contributed by atoms with van der Waals surface area (Å²) in [5.41, 5.74) is 0.992. The summed E-state index contributed by atoms with van der Waals surface area (Å²) in [6, 6.07) is 9.46. The molecule has 3 rings (SSSR count). The number of hydrogen-bond donors (Lipinski definition) is 1. The van der Waals surface area contributed by atoms with Crippen molar-refractivity contribution in [2.75, 3.05) is 0 Å². The molecule has 1 aromatic carbocycles. The van der Waals surface area contributed by atoms with Crippen LogP contribution in [0, 0.1) is 0 Å². The lowest BCUT2D eigenvalue weighted by Crippen LogP contribution is -2.26. The van der Waals surface area contributed by atoms with Crippen molar-refractivity contribution in [1.29, 1.82) is 0 Å². The van der Waals surface area contributed by atoms with Gasteiger partial charge in [0.1, 0.15) is 6.54 Å². The molecule has 0 fully saturated rings. The highest BCUT2D eigenvalue weighted by Crippen LogP contribution is 2.12. The highest BCUT2D eigenvalue weighted by Gasteiger charge is 2.18. The first kappa shape index (κ1) is 15.2. The topological polar surface area (TPSA) is 85.8 Å². The molecule has 1 amide bonds. The lowest BCUT2D eigenvalue weighted by atomic mass is 10.1. The summed E-state index contributed by atoms with van der Waals surface area (Å²) in [5, 5.41) is 11.1. The fourth-order valence-electron chi connectivity index (χ4n) is 2.06. The van der Waals surface area contributed by atoms with Crippen molar-refractivity contribution in [2.24, 2.45) is 0 Å². The molecular weight excluding hydrogens is 318 g/mol. The van der Waals surface area contributed by atoms with Crippen LogP contribution in [0.25, 0.3) is 0 Å². The molecule has 0 bridgehead atoms. The van der Waals surface area contributed by atoms with Crippen LogP contribution < -0.4 is 5.32 Å². The molecule has 118 valence electrons. The smallest absolute Gasteiger partial charge is 0.316 e. The summed E-state index contributed by atoms with van der Waals surface area (Å²) in [7, 11) is 0. The predicted molar refractivity (Wildman–Crippen MR) is 83.0 cm³/mol. The number of benzene rings is 1. The third-order valence-corrected chi connectivity index (χ3v) is 3.41. The van der Waals surface area contributed by atoms with Crippen molar-refractivity contribution >= 4 is 17.5 Å². The second kappa shape index (κ2) is 6.62. The van der Waals surface area contributed by atoms with Crippen molar-refractivity contribution in [3.8, 4) is 0 Å². The number of nitrogens with one attached hydrogen (secondary N) is 1. The van der Waals surface area contributed by atoms with Gasteiger partial charge in [0.25, 0.3) is 0 Å². The summed E-state index contributed by atoms with van der Waals surface area (Å²) in [4.78, 5) is 16.2. The van der Waals surface area contributed by atoms with Gasteiger partial charge in [0, 0.05) is 6.20 Å². The van der Waals surface area contributed by atoms with Crippen molar-refractivity contribution in [3.63, 3.8) is 0 Å². The van der Waals surface area contributed by atoms with E-state index in [1.54, 1.807) is 10.9 Å². The Kier molecular flexibility index (Phi) is 4.38. The number of aromatic nitrogens is 4. The third kappa shape index (κ3) is 3.75. The van der Waals surface area contributed by atoms with Gasteiger partial charge in [-0.1, -0.05) is 47.1 Å². The van der Waals surface area contributed by atoms with Gasteiger partial charge in [-0.15, -0.1) is 0 Å². The van der Waals surface area contributed by atoms with Gasteiger partial charge in [-0.2, -0.15) is 10.1 Å². The van der Waals surface area contributed by atoms with E-state index < -0.39 is 5.91 Å². The molecule has 0 spiro atoms. The SMILES string of the molecule is CC(NC(=O)c1nc(Cn2cc(Cl)cn2)no1)c1ccccc1. The number of carbonyl (C=O) groups is 1. The van der Waals surface area contributed by atoms with E-state index in [0.29, 0.717) is 10.8 Å². The van der Waals surface area contributed by atoms with Crippen molar-refractivity contribution in [1.82, 2.24) is 25.2 Å². The van der Waals surface area contributed by atoms with Gasteiger partial charge in [-0.05, 0) is 12.5 Å². The van der Waals surface area contributed by atoms with Gasteiger partial charge in [0.05, 0.1) is 17.3 Å². The van der Waals surface area contributed by atoms with E-state index in [4.69, 9.17) is 16.1 Å². The summed E-state index contributed by atoms with van der Waals surface area (Å²) in [6.45, 7) is 2.16. The summed E-state index contributed by atoms with van der Waals surface area (Å²) in [5.74, 6) is -0.151. The quantitative estimate of drug-likeness (QED) is 0.776. The third-order valence-electron chi connectivity index (χ3n) is 3.21. The molecule has 1 atom stereocenters. The summed E-state index contributed by atoms with van der Waals surface area (Å²) < 4.78 is 6.55. The highest BCUT2D eigenvalue weighted by atomic mass is 35.5. The molecule has 1 unspecified atom stereocenters. The lowest BCUT2D eigenvalue weighted by molar-refractivity contribution is 0.0895. The molecular formula is C15H14ClN5O2. The van der Waals surface area contributed by atoms with Gasteiger partial charge < -0.3 is 9.84 Å². The van der Waals surface area contributed by atoms with Crippen LogP contribution in [0.1, 0.15) is 35.0 Å². The molecule has 8 heteroatoms. The first-order valence-corrected chi connectivity index (χ1v) is 7.36. The Morgan fingerprint density at radius 2 is 2.17 bits per heavy atom. The maximum atomic E-state index is 12.1. The van der Waals surface area contributed by atoms with Crippen molar-refractivity contribution < 1.29 is 9.32 Å². The minimum atomic E-state index is -0.418. The van der Waals surface area contributed by atoms with Crippen LogP contribution in [0.4, 0.5) is 0 Å². The molecule has 7 nitrogen and oxygen atoms in total. The highest BCUT2D eigenvalue weighted by molar-refractivity contribution is 6.30. The first-order valence-electron chi connectivity index (χ1n) is 6.98. The Hall–Kier alpha value is -2.67. The number of amides is 1. The molecule has 3 aromatic rings. The number of carbonyl (C=O) groups excluding carboxylic acids is 1. The molecule has 2 heterocycles. The maximum Gasteiger partial charge on any atom is 0.316 e. The Morgan fingerprint density at radius 1 is 1.39 bits per heavy atom. The fourth-order valence-corrected chi connectivity index (χ4v) is 2.22. The van der Waals surface area contributed by atoms with Crippen LogP contribution >= 0.6 is 11.6 Å². The number of hydrogen-bond acceptors (Lipinski definition) is 5. The molecule has 0 radical (unpaired) electrons. The number of halogens is 1. The van der Waals surface area contributed by atoms with E-state index in [1.807, 2.05) is 37.3 Å². The molecule has 1 N–H and O–H groups in total. The van der Waals surface area contributed by atoms with Crippen molar-refractivity contribution in [2.45, 2.75) is 19.5 Å². The maximum absolute atomic E-state index is 12.1. The Morgan fingerprint density at radius 3 is 2.87 bits per heavy atom. The van der Waals surface area contributed by atoms with Crippen molar-refractivity contribution in [3.05, 3.63) is 65.0 Å². The van der Waals surface area contributed by atoms with E-state index in [1.165, 1.54) is 6.20 Å². The Balaban J connectivity index is 1.64. The standard InChI is InChI=1S/C15H14ClN5O2/c1-10(11-5-3-2-4-6-11)18-14(22)15-19-13(20-23-15)9-21-8-12(16)7-17-21/h2-8,10H,9H2,1H3,(H,18,22). The second-order valence-corrected chi connectivity index (χ2v) is 5.41. The van der Waals surface area contributed by atoms with Gasteiger partial charge in [0.2, 0.25) is 0 Å². The molecule has 0 aliphatic rings. The van der Waals surface area contributed by atoms with Crippen LogP contribution in [-0.2, 0) is 6.54 Å². The summed E-state index contributed by atoms with van der Waals surface area (Å²) in [6.07, 6.45) is 3.14. The van der Waals surface area contributed by atoms with Crippen LogP contribution in [0.3, 0.4) is 0 Å². The van der Waals surface area contributed by atoms with Gasteiger partial charge in [-0.25, -0.2) is 0 Å². The molecule has 0 aliphatic carbocycles. The van der Waals surface area contributed by atoms with Crippen LogP contribution in [0.5, 0.6) is 0 Å². The predicted octanol–water partition coefficient (Wildman–Crippen LogP) is 2.46. The lowest BCUT2D eigenvalue weighted by Gasteiger charge is -2.12. The summed E-state index contributed by atoms with van der Waals surface area (Å²) >= 11 is 5.79. The Bertz CT molecular complexity index is 799. The largest absolute Gasteiger partial charge is 0.341 e. The van der Waals surface area contributed by atoms with Crippen LogP contribution in [-0.4, -0.2) is 25.8 Å². The van der Waals surface area contributed by atoms with Gasteiger partial charge in [-0.3, -0.25) is 9.48 Å². The minimum Gasteiger partial charge on any atom is -0.341 e. The molecule has 2 aromatic heterocycles. The molecule has 0 saturated carbocycles. The molecule has 0 aliphatic heterocycles. The fraction of sp³-hybridized carbons (Fsp3) is 0.200. The van der Waals surface area contributed by atoms with Crippen LogP contribution in [0.2, 0.25) is 5.02 Å². The zero-order valence-corrected chi connectivity index (χ0v) is 13.1. The van der Waals surface area contributed by atoms with Crippen LogP contribution in [0.15, 0.2) is 47.2 Å². The van der Waals surface area contributed by atoms with Gasteiger partial charge >= 0.3 is 11.8 Å². The average Bonchev–Trinajstić information content (AvgIpc) is 3.18. The first-order chi connectivity index (χ1) is 11.1. The van der Waals surface area contributed by atoms with E-state index >= 15 is 0 Å². The number of rotatable bonds is 5. The monoisotopic (exact) mass is 331 g/mol. The zero-order chi connectivity index (χ0) is 16.2. The van der Waals surface area contributed by atoms with Gasteiger partial charge in [0.15, 0.2) is 5.82 Å².